The molecular weight excluding hydrogens is 485 g/mol. The second-order valence-electron chi connectivity index (χ2n) is 9.52. The van der Waals surface area contributed by atoms with E-state index in [1.54, 1.807) is 25.1 Å². The van der Waals surface area contributed by atoms with E-state index in [1.807, 2.05) is 0 Å². The second-order valence-corrected chi connectivity index (χ2v) is 11.3. The Hall–Kier alpha value is -1.11. The number of carbonyl (C=O) groups is 1. The van der Waals surface area contributed by atoms with E-state index in [4.69, 9.17) is 14.2 Å². The van der Waals surface area contributed by atoms with Crippen LogP contribution in [0.15, 0.2) is 12.2 Å². The molecule has 12 heteroatoms. The van der Waals surface area contributed by atoms with Gasteiger partial charge in [-0.05, 0) is 52.9 Å². The first kappa shape index (κ1) is 29.1. The van der Waals surface area contributed by atoms with E-state index in [0.29, 0.717) is 52.0 Å². The molecule has 2 saturated heterocycles. The highest BCUT2D eigenvalue weighted by Gasteiger charge is 2.56. The van der Waals surface area contributed by atoms with E-state index in [1.165, 1.54) is 6.08 Å². The molecule has 0 aromatic rings. The number of hydrogen-bond donors (Lipinski definition) is 0. The first-order valence-corrected chi connectivity index (χ1v) is 12.5. The Balaban J connectivity index is 1.81. The van der Waals surface area contributed by atoms with Crippen LogP contribution in [0.25, 0.3) is 0 Å². The van der Waals surface area contributed by atoms with Gasteiger partial charge in [-0.1, -0.05) is 12.2 Å². The molecule has 0 radical (unpaired) electrons. The molecule has 1 atom stereocenters. The topological polar surface area (TPSA) is 65.1 Å². The van der Waals surface area contributed by atoms with Gasteiger partial charge in [0.2, 0.25) is 0 Å². The van der Waals surface area contributed by atoms with Gasteiger partial charge >= 0.3 is 18.1 Å². The van der Waals surface area contributed by atoms with E-state index < -0.39 is 45.8 Å². The third-order valence-corrected chi connectivity index (χ3v) is 7.71. The maximum Gasteiger partial charge on any atom is 0.453 e. The van der Waals surface area contributed by atoms with Crippen molar-refractivity contribution in [1.29, 1.82) is 0 Å². The molecule has 0 saturated carbocycles. The summed E-state index contributed by atoms with van der Waals surface area (Å²) in [5, 5.41) is 0. The van der Waals surface area contributed by atoms with E-state index in [9.17, 15) is 31.0 Å². The van der Waals surface area contributed by atoms with Gasteiger partial charge in [0, 0.05) is 32.7 Å². The lowest BCUT2D eigenvalue weighted by Crippen LogP contribution is -2.56. The summed E-state index contributed by atoms with van der Waals surface area (Å²) >= 11 is 0. The zero-order valence-corrected chi connectivity index (χ0v) is 20.6. The Bertz CT molecular complexity index is 724. The molecule has 198 valence electrons. The maximum atomic E-state index is 13.5. The van der Waals surface area contributed by atoms with Crippen LogP contribution >= 0.6 is 0 Å². The number of carbonyl (C=O) groups excluding carboxylic acids is 1. The van der Waals surface area contributed by atoms with Gasteiger partial charge in [-0.15, -0.1) is 0 Å². The maximum absolute atomic E-state index is 13.5. The van der Waals surface area contributed by atoms with Crippen LogP contribution in [-0.2, 0) is 30.0 Å². The monoisotopic (exact) mass is 519 g/mol. The highest BCUT2D eigenvalue weighted by atomic mass is 32.2. The van der Waals surface area contributed by atoms with Gasteiger partial charge in [0.25, 0.3) is 0 Å². The van der Waals surface area contributed by atoms with Crippen molar-refractivity contribution in [1.82, 2.24) is 4.31 Å². The van der Waals surface area contributed by atoms with E-state index in [-0.39, 0.29) is 19.1 Å². The van der Waals surface area contributed by atoms with Crippen LogP contribution in [0.5, 0.6) is 0 Å². The number of halogens is 5. The predicted molar refractivity (Wildman–Crippen MR) is 117 cm³/mol. The van der Waals surface area contributed by atoms with Gasteiger partial charge in [-0.25, -0.2) is 8.51 Å². The average Bonchev–Trinajstić information content (AvgIpc) is 2.74. The quantitative estimate of drug-likeness (QED) is 0.194. The normalized spacial score (nSPS) is 22.1. The van der Waals surface area contributed by atoms with Crippen molar-refractivity contribution >= 4 is 17.0 Å². The Morgan fingerprint density at radius 1 is 1.09 bits per heavy atom. The summed E-state index contributed by atoms with van der Waals surface area (Å²) in [4.78, 5) is 13.0. The second kappa shape index (κ2) is 11.7. The van der Waals surface area contributed by atoms with E-state index >= 15 is 0 Å². The molecule has 1 unspecified atom stereocenters. The van der Waals surface area contributed by atoms with Crippen molar-refractivity contribution in [3.63, 3.8) is 0 Å². The molecule has 0 amide bonds. The lowest BCUT2D eigenvalue weighted by atomic mass is 9.99. The Labute approximate surface area is 199 Å². The minimum absolute atomic E-state index is 0.148. The number of rotatable bonds is 9. The van der Waals surface area contributed by atoms with Gasteiger partial charge in [0.05, 0.1) is 12.7 Å². The smallest absolute Gasteiger partial charge is 0.453 e. The first-order chi connectivity index (χ1) is 15.7. The zero-order chi connectivity index (χ0) is 25.6. The molecule has 0 N–H and O–H groups in total. The van der Waals surface area contributed by atoms with Crippen molar-refractivity contribution < 1.29 is 45.2 Å². The number of esters is 1. The van der Waals surface area contributed by atoms with E-state index in [2.05, 4.69) is 0 Å². The summed E-state index contributed by atoms with van der Waals surface area (Å²) in [7, 11) is -1.61. The highest BCUT2D eigenvalue weighted by molar-refractivity contribution is 7.85. The summed E-state index contributed by atoms with van der Waals surface area (Å²) in [6, 6.07) is 0. The summed E-state index contributed by atoms with van der Waals surface area (Å²) in [5.41, 5.74) is -0.704. The van der Waals surface area contributed by atoms with Gasteiger partial charge in [-0.2, -0.15) is 22.0 Å². The summed E-state index contributed by atoms with van der Waals surface area (Å²) in [6.07, 6.45) is -3.10. The fourth-order valence-corrected chi connectivity index (χ4v) is 5.44. The van der Waals surface area contributed by atoms with Gasteiger partial charge in [0.15, 0.2) is 4.75 Å². The Kier molecular flexibility index (Phi) is 10.1. The zero-order valence-electron chi connectivity index (χ0n) is 19.8. The highest BCUT2D eigenvalue weighted by Crippen LogP contribution is 2.38. The SMILES string of the molecule is CC(C)(C)OC(=O)C1(S(=O)N2CCC(OCC/C=C/CC(F)(F)C(F)(F)F)CC2)CCOCC1. The molecule has 2 fully saturated rings. The summed E-state index contributed by atoms with van der Waals surface area (Å²) in [6.45, 7) is 7.01. The van der Waals surface area contributed by atoms with Crippen LogP contribution in [0.1, 0.15) is 59.3 Å². The van der Waals surface area contributed by atoms with Crippen LogP contribution in [0.4, 0.5) is 22.0 Å². The molecule has 6 nitrogen and oxygen atoms in total. The number of piperidine rings is 1. The van der Waals surface area contributed by atoms with Crippen LogP contribution in [0, 0.1) is 0 Å². The van der Waals surface area contributed by atoms with Crippen LogP contribution < -0.4 is 0 Å². The Morgan fingerprint density at radius 2 is 1.68 bits per heavy atom. The minimum atomic E-state index is -5.56. The minimum Gasteiger partial charge on any atom is -0.459 e. The molecule has 2 heterocycles. The molecule has 2 aliphatic rings. The largest absolute Gasteiger partial charge is 0.459 e. The number of hydrogen-bond acceptors (Lipinski definition) is 5. The molecule has 0 aliphatic carbocycles. The van der Waals surface area contributed by atoms with Crippen molar-refractivity contribution in [2.45, 2.75) is 87.8 Å². The summed E-state index contributed by atoms with van der Waals surface area (Å²) < 4.78 is 92.9. The Morgan fingerprint density at radius 3 is 2.21 bits per heavy atom. The first-order valence-electron chi connectivity index (χ1n) is 11.4. The fourth-order valence-electron chi connectivity index (χ4n) is 3.70. The number of alkyl halides is 5. The third kappa shape index (κ3) is 7.96. The van der Waals surface area contributed by atoms with E-state index in [0.717, 1.165) is 6.08 Å². The molecule has 0 aromatic heterocycles. The third-order valence-electron chi connectivity index (χ3n) is 5.63. The summed E-state index contributed by atoms with van der Waals surface area (Å²) in [5.74, 6) is -5.23. The molecular formula is C22H34F5NO5S. The number of ether oxygens (including phenoxy) is 3. The lowest BCUT2D eigenvalue weighted by Gasteiger charge is -2.41. The fraction of sp³-hybridized carbons (Fsp3) is 0.864. The number of nitrogens with zero attached hydrogens (tertiary/aromatic N) is 1. The van der Waals surface area contributed by atoms with Gasteiger partial charge < -0.3 is 14.2 Å². The predicted octanol–water partition coefficient (Wildman–Crippen LogP) is 4.56. The standard InChI is InChI=1S/C22H34F5NO5S/c1-19(2,3)33-18(29)20(10-15-31-16-11-20)34(30)28-12-7-17(8-13-28)32-14-6-4-5-9-21(23,24)22(25,26)27/h4-5,17H,6-16H2,1-3H3/b5-4+. The number of allylic oxidation sites excluding steroid dienone is 1. The molecule has 0 spiro atoms. The van der Waals surface area contributed by atoms with Gasteiger partial charge in [-0.3, -0.25) is 4.79 Å². The van der Waals surface area contributed by atoms with Crippen molar-refractivity contribution in [3.8, 4) is 0 Å². The molecule has 0 aromatic carbocycles. The average molecular weight is 520 g/mol. The van der Waals surface area contributed by atoms with Crippen molar-refractivity contribution in [3.05, 3.63) is 12.2 Å². The van der Waals surface area contributed by atoms with Crippen molar-refractivity contribution in [2.75, 3.05) is 32.9 Å². The lowest BCUT2D eigenvalue weighted by molar-refractivity contribution is -0.280. The molecule has 0 bridgehead atoms. The van der Waals surface area contributed by atoms with Crippen molar-refractivity contribution in [2.24, 2.45) is 0 Å². The molecule has 2 rings (SSSR count). The van der Waals surface area contributed by atoms with Crippen LogP contribution in [-0.4, -0.2) is 75.9 Å². The van der Waals surface area contributed by atoms with Crippen LogP contribution in [0.3, 0.4) is 0 Å². The molecule has 2 aliphatic heterocycles. The molecule has 34 heavy (non-hydrogen) atoms. The van der Waals surface area contributed by atoms with Crippen LogP contribution in [0.2, 0.25) is 0 Å². The van der Waals surface area contributed by atoms with Gasteiger partial charge in [0.1, 0.15) is 16.6 Å².